The molecule has 1 saturated heterocycles. The van der Waals surface area contributed by atoms with Crippen molar-refractivity contribution < 1.29 is 4.79 Å². The number of aromatic nitrogens is 6. The van der Waals surface area contributed by atoms with E-state index < -0.39 is 0 Å². The number of thiazole rings is 1. The maximum Gasteiger partial charge on any atom is 0.236 e. The minimum absolute atomic E-state index is 0.165. The van der Waals surface area contributed by atoms with Crippen molar-refractivity contribution in [1.82, 2.24) is 39.6 Å². The number of nitrogens with zero attached hydrogens (tertiary/aromatic N) is 7. The van der Waals surface area contributed by atoms with E-state index in [4.69, 9.17) is 10.1 Å². The molecule has 9 nitrogen and oxygen atoms in total. The number of pyridine rings is 1. The summed E-state index contributed by atoms with van der Waals surface area (Å²) < 4.78 is 1.83. The number of hydrogen-bond donors (Lipinski definition) is 1. The zero-order chi connectivity index (χ0) is 25.6. The number of fused-ring (bicyclic) bond motifs is 1. The monoisotopic (exact) mass is 506 g/mol. The van der Waals surface area contributed by atoms with Gasteiger partial charge in [-0.15, -0.1) is 11.3 Å². The van der Waals surface area contributed by atoms with Crippen molar-refractivity contribution in [1.29, 1.82) is 0 Å². The molecule has 1 amide bonds. The molecule has 4 aromatic rings. The highest BCUT2D eigenvalue weighted by atomic mass is 32.1. The van der Waals surface area contributed by atoms with Gasteiger partial charge in [0, 0.05) is 42.5 Å². The third kappa shape index (κ3) is 4.43. The molecule has 4 aromatic heterocycles. The van der Waals surface area contributed by atoms with Crippen LogP contribution in [0.25, 0.3) is 27.6 Å². The fourth-order valence-electron chi connectivity index (χ4n) is 5.02. The highest BCUT2D eigenvalue weighted by Crippen LogP contribution is 2.41. The highest BCUT2D eigenvalue weighted by molar-refractivity contribution is 7.15. The maximum atomic E-state index is 12.1. The van der Waals surface area contributed by atoms with E-state index in [1.54, 1.807) is 22.6 Å². The number of likely N-dealkylation sites (N-methyl/N-ethyl adjacent to an activating group) is 1. The summed E-state index contributed by atoms with van der Waals surface area (Å²) in [6.07, 6.45) is 7.74. The van der Waals surface area contributed by atoms with Gasteiger partial charge in [0.1, 0.15) is 11.3 Å². The van der Waals surface area contributed by atoms with Crippen molar-refractivity contribution in [3.8, 4) is 22.0 Å². The topological polar surface area (TPSA) is 95.3 Å². The zero-order valence-corrected chi connectivity index (χ0v) is 22.7. The molecular formula is C26H34N8OS. The summed E-state index contributed by atoms with van der Waals surface area (Å²) in [7, 11) is 3.63. The Morgan fingerprint density at radius 1 is 1.19 bits per heavy atom. The van der Waals surface area contributed by atoms with Crippen molar-refractivity contribution in [3.05, 3.63) is 40.3 Å². The van der Waals surface area contributed by atoms with Gasteiger partial charge in [-0.3, -0.25) is 14.8 Å². The number of carbonyl (C=O) groups excluding carboxylic acids is 1. The van der Waals surface area contributed by atoms with Gasteiger partial charge in [-0.1, -0.05) is 13.8 Å². The van der Waals surface area contributed by atoms with Crippen molar-refractivity contribution in [2.24, 2.45) is 0 Å². The van der Waals surface area contributed by atoms with Gasteiger partial charge in [-0.05, 0) is 62.7 Å². The molecule has 0 saturated carbocycles. The van der Waals surface area contributed by atoms with E-state index >= 15 is 0 Å². The molecule has 0 aromatic carbocycles. The van der Waals surface area contributed by atoms with Crippen molar-refractivity contribution in [2.75, 3.05) is 33.7 Å². The predicted octanol–water partition coefficient (Wildman–Crippen LogP) is 4.25. The van der Waals surface area contributed by atoms with Crippen LogP contribution in [0.1, 0.15) is 60.1 Å². The van der Waals surface area contributed by atoms with Crippen LogP contribution in [-0.2, 0) is 4.79 Å². The summed E-state index contributed by atoms with van der Waals surface area (Å²) in [5.74, 6) is 0.911. The van der Waals surface area contributed by atoms with Crippen LogP contribution in [0.3, 0.4) is 0 Å². The van der Waals surface area contributed by atoms with Gasteiger partial charge < -0.3 is 4.90 Å². The number of aromatic amines is 1. The lowest BCUT2D eigenvalue weighted by atomic mass is 9.94. The first-order chi connectivity index (χ1) is 17.2. The molecule has 1 N–H and O–H groups in total. The first-order valence-electron chi connectivity index (χ1n) is 12.5. The maximum absolute atomic E-state index is 12.1. The second-order valence-electron chi connectivity index (χ2n) is 10.2. The number of H-pyrrole nitrogens is 1. The van der Waals surface area contributed by atoms with Crippen molar-refractivity contribution in [2.45, 2.75) is 52.4 Å². The Bertz CT molecular complexity index is 1390. The van der Waals surface area contributed by atoms with Crippen LogP contribution in [0.15, 0.2) is 18.7 Å². The van der Waals surface area contributed by atoms with E-state index in [1.165, 1.54) is 10.4 Å². The number of amides is 1. The second kappa shape index (κ2) is 9.74. The molecule has 0 atom stereocenters. The number of piperidine rings is 1. The van der Waals surface area contributed by atoms with Gasteiger partial charge in [-0.2, -0.15) is 10.2 Å². The SMILES string of the molecule is Cc1c(-c2n[nH]c(-c3ncc(C4CCN(CC(=O)N(C)C)CC4)s3)c2C(C)C)cn2ncnc2c1C. The molecule has 5 rings (SSSR count). The van der Waals surface area contributed by atoms with Crippen LogP contribution in [-0.4, -0.2) is 79.2 Å². The Kier molecular flexibility index (Phi) is 6.65. The highest BCUT2D eigenvalue weighted by Gasteiger charge is 2.27. The molecule has 0 bridgehead atoms. The lowest BCUT2D eigenvalue weighted by Gasteiger charge is -2.31. The standard InChI is InChI=1S/C26H34N8OS/c1-15(2)22-23(19-12-34-25(28-14-29-34)17(4)16(19)3)30-31-24(22)26-27-11-20(36-26)18-7-9-33(10-8-18)13-21(35)32(5)6/h11-12,14-15,18H,7-10,13H2,1-6H3,(H,30,31). The average Bonchev–Trinajstić information content (AvgIpc) is 3.60. The summed E-state index contributed by atoms with van der Waals surface area (Å²) in [5.41, 5.74) is 7.34. The number of nitrogens with one attached hydrogen (secondary N) is 1. The van der Waals surface area contributed by atoms with Gasteiger partial charge in [-0.25, -0.2) is 14.5 Å². The molecule has 0 spiro atoms. The molecule has 0 radical (unpaired) electrons. The molecule has 10 heteroatoms. The lowest BCUT2D eigenvalue weighted by molar-refractivity contribution is -0.130. The third-order valence-electron chi connectivity index (χ3n) is 7.35. The Morgan fingerprint density at radius 2 is 1.94 bits per heavy atom. The minimum Gasteiger partial charge on any atom is -0.348 e. The van der Waals surface area contributed by atoms with Gasteiger partial charge in [0.15, 0.2) is 5.65 Å². The predicted molar refractivity (Wildman–Crippen MR) is 142 cm³/mol. The van der Waals surface area contributed by atoms with Gasteiger partial charge in [0.2, 0.25) is 5.91 Å². The van der Waals surface area contributed by atoms with Crippen LogP contribution in [0, 0.1) is 13.8 Å². The second-order valence-corrected chi connectivity index (χ2v) is 11.3. The van der Waals surface area contributed by atoms with E-state index in [0.717, 1.165) is 64.7 Å². The number of hydrogen-bond acceptors (Lipinski definition) is 7. The number of carbonyl (C=O) groups is 1. The normalized spacial score (nSPS) is 15.3. The fraction of sp³-hybridized carbons (Fsp3) is 0.500. The van der Waals surface area contributed by atoms with E-state index in [1.807, 2.05) is 31.0 Å². The molecule has 0 aliphatic carbocycles. The largest absolute Gasteiger partial charge is 0.348 e. The lowest BCUT2D eigenvalue weighted by Crippen LogP contribution is -2.40. The van der Waals surface area contributed by atoms with E-state index in [0.29, 0.717) is 12.5 Å². The summed E-state index contributed by atoms with van der Waals surface area (Å²) in [4.78, 5) is 26.5. The quantitative estimate of drug-likeness (QED) is 0.420. The van der Waals surface area contributed by atoms with Crippen LogP contribution in [0.2, 0.25) is 0 Å². The van der Waals surface area contributed by atoms with Gasteiger partial charge >= 0.3 is 0 Å². The molecule has 190 valence electrons. The molecule has 1 aliphatic rings. The van der Waals surface area contributed by atoms with Crippen LogP contribution in [0.5, 0.6) is 0 Å². The smallest absolute Gasteiger partial charge is 0.236 e. The first kappa shape index (κ1) is 24.6. The summed E-state index contributed by atoms with van der Waals surface area (Å²) in [6.45, 7) is 11.0. The van der Waals surface area contributed by atoms with Gasteiger partial charge in [0.05, 0.1) is 17.9 Å². The van der Waals surface area contributed by atoms with Crippen LogP contribution < -0.4 is 0 Å². The van der Waals surface area contributed by atoms with E-state index in [2.05, 4.69) is 47.8 Å². The Morgan fingerprint density at radius 3 is 2.64 bits per heavy atom. The Labute approximate surface area is 215 Å². The number of aryl methyl sites for hydroxylation is 1. The molecule has 5 heterocycles. The Balaban J connectivity index is 1.40. The fourth-order valence-corrected chi connectivity index (χ4v) is 6.12. The summed E-state index contributed by atoms with van der Waals surface area (Å²) >= 11 is 1.76. The van der Waals surface area contributed by atoms with Crippen LogP contribution >= 0.6 is 11.3 Å². The number of likely N-dealkylation sites (tertiary alicyclic amines) is 1. The molecule has 1 aliphatic heterocycles. The molecule has 36 heavy (non-hydrogen) atoms. The van der Waals surface area contributed by atoms with Crippen molar-refractivity contribution in [3.63, 3.8) is 0 Å². The molecular weight excluding hydrogens is 472 g/mol. The van der Waals surface area contributed by atoms with Gasteiger partial charge in [0.25, 0.3) is 0 Å². The minimum atomic E-state index is 0.165. The molecule has 0 unspecified atom stereocenters. The number of rotatable bonds is 6. The molecule has 1 fully saturated rings. The summed E-state index contributed by atoms with van der Waals surface area (Å²) in [6, 6.07) is 0. The van der Waals surface area contributed by atoms with E-state index in [-0.39, 0.29) is 11.8 Å². The van der Waals surface area contributed by atoms with Crippen LogP contribution in [0.4, 0.5) is 0 Å². The third-order valence-corrected chi connectivity index (χ3v) is 8.53. The van der Waals surface area contributed by atoms with E-state index in [9.17, 15) is 4.79 Å². The van der Waals surface area contributed by atoms with Crippen molar-refractivity contribution >= 4 is 22.9 Å². The average molecular weight is 507 g/mol. The summed E-state index contributed by atoms with van der Waals surface area (Å²) in [5, 5.41) is 13.4. The first-order valence-corrected chi connectivity index (χ1v) is 13.3. The zero-order valence-electron chi connectivity index (χ0n) is 21.9. The Hall–Kier alpha value is -3.11.